The zero-order chi connectivity index (χ0) is 30.7. The fourth-order valence-electron chi connectivity index (χ4n) is 2.39. The molecule has 0 rings (SSSR count). The summed E-state index contributed by atoms with van der Waals surface area (Å²) >= 11 is 7.79. The molecule has 18 nitrogen and oxygen atoms in total. The summed E-state index contributed by atoms with van der Waals surface area (Å²) in [5.41, 5.74) is 5.05. The standard InChI is InChI=1S/C20H33N9O9S2/c1-10(30)28-12(9-40)20(38)27-6-17(35)25-4-15(33)23-2-13(31)22-3-14(32)24-5-16(34)26-7-18(36)29-11(8-39)19(21)37/h11-12,39-40H,2-9H2,1H3,(H2,21,37)(H,22,31)(H,23,33)(H,24,32)(H,25,35)(H,26,34)(H,27,38)(H,28,30)(H,29,36)/t11-,12-/m0/s1. The number of nitrogens with one attached hydrogen (secondary N) is 8. The molecule has 40 heavy (non-hydrogen) atoms. The van der Waals surface area contributed by atoms with Crippen molar-refractivity contribution in [1.29, 1.82) is 0 Å². The number of carbonyl (C=O) groups is 9. The van der Waals surface area contributed by atoms with Crippen molar-refractivity contribution in [3.63, 3.8) is 0 Å². The van der Waals surface area contributed by atoms with Crippen molar-refractivity contribution in [2.75, 3.05) is 50.8 Å². The fraction of sp³-hybridized carbons (Fsp3) is 0.550. The van der Waals surface area contributed by atoms with E-state index in [2.05, 4.69) is 67.8 Å². The first-order valence-corrected chi connectivity index (χ1v) is 12.7. The number of carbonyl (C=O) groups excluding carboxylic acids is 9. The first-order chi connectivity index (χ1) is 18.8. The molecule has 0 unspecified atom stereocenters. The van der Waals surface area contributed by atoms with Crippen LogP contribution in [0.4, 0.5) is 0 Å². The van der Waals surface area contributed by atoms with Crippen LogP contribution < -0.4 is 48.3 Å². The van der Waals surface area contributed by atoms with E-state index in [4.69, 9.17) is 5.73 Å². The van der Waals surface area contributed by atoms with Crippen LogP contribution in [0, 0.1) is 0 Å². The van der Waals surface area contributed by atoms with Crippen LogP contribution in [0.2, 0.25) is 0 Å². The summed E-state index contributed by atoms with van der Waals surface area (Å²) in [7, 11) is 0. The van der Waals surface area contributed by atoms with Gasteiger partial charge < -0.3 is 48.3 Å². The van der Waals surface area contributed by atoms with Gasteiger partial charge in [0, 0.05) is 18.4 Å². The van der Waals surface area contributed by atoms with Crippen molar-refractivity contribution in [1.82, 2.24) is 42.5 Å². The SMILES string of the molecule is CC(=O)N[C@@H](CS)C(=O)NCC(=O)NCC(=O)NCC(=O)NCC(=O)NCC(=O)NCC(=O)N[C@@H](CS)C(N)=O. The van der Waals surface area contributed by atoms with E-state index in [1.165, 1.54) is 6.92 Å². The summed E-state index contributed by atoms with van der Waals surface area (Å²) in [4.78, 5) is 104. The third kappa shape index (κ3) is 17.4. The fourth-order valence-corrected chi connectivity index (χ4v) is 2.92. The van der Waals surface area contributed by atoms with E-state index < -0.39 is 105 Å². The molecule has 0 aromatic heterocycles. The van der Waals surface area contributed by atoms with E-state index >= 15 is 0 Å². The minimum atomic E-state index is -1.01. The first-order valence-electron chi connectivity index (χ1n) is 11.5. The van der Waals surface area contributed by atoms with Gasteiger partial charge in [-0.1, -0.05) is 0 Å². The predicted octanol–water partition coefficient (Wildman–Crippen LogP) is -6.98. The third-order valence-corrected chi connectivity index (χ3v) is 5.12. The monoisotopic (exact) mass is 607 g/mol. The van der Waals surface area contributed by atoms with Crippen LogP contribution >= 0.6 is 25.3 Å². The maximum Gasteiger partial charge on any atom is 0.243 e. The molecule has 9 amide bonds. The largest absolute Gasteiger partial charge is 0.368 e. The topological polar surface area (TPSA) is 276 Å². The van der Waals surface area contributed by atoms with Gasteiger partial charge in [0.1, 0.15) is 12.1 Å². The van der Waals surface area contributed by atoms with Gasteiger partial charge in [-0.3, -0.25) is 43.2 Å². The molecule has 2 atom stereocenters. The Labute approximate surface area is 239 Å². The highest BCUT2D eigenvalue weighted by molar-refractivity contribution is 7.80. The van der Waals surface area contributed by atoms with Crippen LogP contribution in [0.1, 0.15) is 6.92 Å². The average Bonchev–Trinajstić information content (AvgIpc) is 2.91. The van der Waals surface area contributed by atoms with Crippen molar-refractivity contribution in [3.05, 3.63) is 0 Å². The van der Waals surface area contributed by atoms with Crippen molar-refractivity contribution in [3.8, 4) is 0 Å². The summed E-state index contributed by atoms with van der Waals surface area (Å²) in [6, 6.07) is -1.94. The molecular weight excluding hydrogens is 574 g/mol. The Morgan fingerprint density at radius 3 is 1.15 bits per heavy atom. The van der Waals surface area contributed by atoms with Crippen LogP contribution in [-0.4, -0.2) is 116 Å². The van der Waals surface area contributed by atoms with E-state index in [1.807, 2.05) is 0 Å². The minimum absolute atomic E-state index is 0.00687. The number of hydrogen-bond acceptors (Lipinski definition) is 11. The Morgan fingerprint density at radius 2 is 0.850 bits per heavy atom. The van der Waals surface area contributed by atoms with Crippen LogP contribution in [-0.2, 0) is 43.2 Å². The van der Waals surface area contributed by atoms with Crippen molar-refractivity contribution in [2.45, 2.75) is 19.0 Å². The first kappa shape index (κ1) is 35.9. The summed E-state index contributed by atoms with van der Waals surface area (Å²) in [5.74, 6) is -6.25. The van der Waals surface area contributed by atoms with Crippen molar-refractivity contribution < 1.29 is 43.2 Å². The molecule has 0 spiro atoms. The molecule has 0 saturated heterocycles. The lowest BCUT2D eigenvalue weighted by molar-refractivity contribution is -0.130. The summed E-state index contributed by atoms with van der Waals surface area (Å²) < 4.78 is 0. The molecule has 0 radical (unpaired) electrons. The van der Waals surface area contributed by atoms with Crippen LogP contribution in [0.25, 0.3) is 0 Å². The van der Waals surface area contributed by atoms with Gasteiger partial charge in [-0.2, -0.15) is 25.3 Å². The normalized spacial score (nSPS) is 11.5. The van der Waals surface area contributed by atoms with Gasteiger partial charge in [-0.15, -0.1) is 0 Å². The van der Waals surface area contributed by atoms with Crippen molar-refractivity contribution in [2.24, 2.45) is 5.73 Å². The second kappa shape index (κ2) is 19.9. The summed E-state index contributed by atoms with van der Waals surface area (Å²) in [5, 5.41) is 17.9. The second-order valence-electron chi connectivity index (χ2n) is 7.74. The molecule has 0 fully saturated rings. The minimum Gasteiger partial charge on any atom is -0.368 e. The van der Waals surface area contributed by atoms with Gasteiger partial charge in [0.05, 0.1) is 39.3 Å². The van der Waals surface area contributed by atoms with Gasteiger partial charge >= 0.3 is 0 Å². The molecule has 0 bridgehead atoms. The lowest BCUT2D eigenvalue weighted by Gasteiger charge is -2.15. The molecule has 0 aromatic carbocycles. The predicted molar refractivity (Wildman–Crippen MR) is 144 cm³/mol. The van der Waals surface area contributed by atoms with Crippen molar-refractivity contribution >= 4 is 78.4 Å². The number of primary amides is 1. The second-order valence-corrected chi connectivity index (χ2v) is 8.47. The zero-order valence-corrected chi connectivity index (χ0v) is 23.2. The molecule has 0 aromatic rings. The quantitative estimate of drug-likeness (QED) is 0.0660. The molecule has 0 heterocycles. The molecule has 0 aliphatic heterocycles. The van der Waals surface area contributed by atoms with Crippen LogP contribution in [0.5, 0.6) is 0 Å². The molecular formula is C20H33N9O9S2. The Bertz CT molecular complexity index is 981. The molecule has 0 aliphatic rings. The van der Waals surface area contributed by atoms with E-state index in [0.717, 1.165) is 0 Å². The van der Waals surface area contributed by atoms with E-state index in [0.29, 0.717) is 0 Å². The van der Waals surface area contributed by atoms with Gasteiger partial charge in [-0.05, 0) is 0 Å². The molecule has 0 aliphatic carbocycles. The maximum atomic E-state index is 11.9. The number of thiol groups is 2. The molecule has 10 N–H and O–H groups in total. The van der Waals surface area contributed by atoms with Gasteiger partial charge in [0.15, 0.2) is 0 Å². The Kier molecular flexibility index (Phi) is 17.9. The molecule has 20 heteroatoms. The van der Waals surface area contributed by atoms with E-state index in [9.17, 15) is 43.2 Å². The Hall–Kier alpha value is -4.07. The lowest BCUT2D eigenvalue weighted by atomic mass is 10.3. The number of rotatable bonds is 18. The number of amides is 9. The highest BCUT2D eigenvalue weighted by Gasteiger charge is 2.19. The van der Waals surface area contributed by atoms with E-state index in [-0.39, 0.29) is 11.5 Å². The third-order valence-electron chi connectivity index (χ3n) is 4.39. The summed E-state index contributed by atoms with van der Waals surface area (Å²) in [6.07, 6.45) is 0. The average molecular weight is 608 g/mol. The van der Waals surface area contributed by atoms with E-state index in [1.54, 1.807) is 0 Å². The zero-order valence-electron chi connectivity index (χ0n) is 21.5. The van der Waals surface area contributed by atoms with Gasteiger partial charge in [0.25, 0.3) is 0 Å². The highest BCUT2D eigenvalue weighted by Crippen LogP contribution is 1.89. The smallest absolute Gasteiger partial charge is 0.243 e. The summed E-state index contributed by atoms with van der Waals surface area (Å²) in [6.45, 7) is -1.79. The number of nitrogens with two attached hydrogens (primary N) is 1. The van der Waals surface area contributed by atoms with Crippen LogP contribution in [0.15, 0.2) is 0 Å². The maximum absolute atomic E-state index is 11.9. The lowest BCUT2D eigenvalue weighted by Crippen LogP contribution is -2.50. The van der Waals surface area contributed by atoms with Crippen LogP contribution in [0.3, 0.4) is 0 Å². The molecule has 0 saturated carbocycles. The highest BCUT2D eigenvalue weighted by atomic mass is 32.1. The van der Waals surface area contributed by atoms with Gasteiger partial charge in [0.2, 0.25) is 53.2 Å². The van der Waals surface area contributed by atoms with Gasteiger partial charge in [-0.25, -0.2) is 0 Å². The molecule has 224 valence electrons. The Morgan fingerprint density at radius 1 is 0.525 bits per heavy atom. The number of hydrogen-bond donors (Lipinski definition) is 11. The Balaban J connectivity index is 4.09.